The SMILES string of the molecule is O=C(O)CCc1ccccc1NC(=O)CC1COCCN1. The average molecular weight is 292 g/mol. The average Bonchev–Trinajstić information content (AvgIpc) is 2.47. The van der Waals surface area contributed by atoms with Crippen LogP contribution in [0.15, 0.2) is 24.3 Å². The molecule has 6 nitrogen and oxygen atoms in total. The van der Waals surface area contributed by atoms with Crippen molar-refractivity contribution in [1.82, 2.24) is 5.32 Å². The topological polar surface area (TPSA) is 87.7 Å². The van der Waals surface area contributed by atoms with Crippen LogP contribution >= 0.6 is 0 Å². The molecule has 21 heavy (non-hydrogen) atoms. The molecular weight excluding hydrogens is 272 g/mol. The Hall–Kier alpha value is -1.92. The Bertz CT molecular complexity index is 498. The molecule has 0 bridgehead atoms. The number of aliphatic carboxylic acids is 1. The van der Waals surface area contributed by atoms with E-state index in [1.165, 1.54) is 0 Å². The third kappa shape index (κ3) is 5.17. The number of ether oxygens (including phenoxy) is 1. The first-order valence-electron chi connectivity index (χ1n) is 7.06. The van der Waals surface area contributed by atoms with E-state index in [4.69, 9.17) is 9.84 Å². The van der Waals surface area contributed by atoms with Crippen LogP contribution in [0.25, 0.3) is 0 Å². The van der Waals surface area contributed by atoms with Gasteiger partial charge in [-0.05, 0) is 18.1 Å². The molecule has 1 amide bonds. The van der Waals surface area contributed by atoms with E-state index in [1.54, 1.807) is 6.07 Å². The summed E-state index contributed by atoms with van der Waals surface area (Å²) in [7, 11) is 0. The molecule has 3 N–H and O–H groups in total. The number of hydrogen-bond acceptors (Lipinski definition) is 4. The third-order valence-corrected chi connectivity index (χ3v) is 3.33. The first kappa shape index (κ1) is 15.5. The van der Waals surface area contributed by atoms with Gasteiger partial charge in [-0.3, -0.25) is 9.59 Å². The Balaban J connectivity index is 1.91. The van der Waals surface area contributed by atoms with Crippen LogP contribution in [0.4, 0.5) is 5.69 Å². The second-order valence-electron chi connectivity index (χ2n) is 5.03. The van der Waals surface area contributed by atoms with E-state index in [1.807, 2.05) is 18.2 Å². The minimum atomic E-state index is -0.848. The molecule has 0 saturated carbocycles. The molecular formula is C15H20N2O4. The van der Waals surface area contributed by atoms with Crippen molar-refractivity contribution in [2.45, 2.75) is 25.3 Å². The number of carboxylic acids is 1. The lowest BCUT2D eigenvalue weighted by Gasteiger charge is -2.23. The molecule has 2 rings (SSSR count). The number of carbonyl (C=O) groups excluding carboxylic acids is 1. The fourth-order valence-electron chi connectivity index (χ4n) is 2.28. The molecule has 1 aliphatic rings. The van der Waals surface area contributed by atoms with Gasteiger partial charge in [0, 0.05) is 31.1 Å². The lowest BCUT2D eigenvalue weighted by atomic mass is 10.1. The van der Waals surface area contributed by atoms with Gasteiger partial charge in [0.2, 0.25) is 5.91 Å². The molecule has 114 valence electrons. The van der Waals surface area contributed by atoms with Crippen molar-refractivity contribution in [3.8, 4) is 0 Å². The zero-order valence-electron chi connectivity index (χ0n) is 11.8. The summed E-state index contributed by atoms with van der Waals surface area (Å²) < 4.78 is 5.31. The van der Waals surface area contributed by atoms with E-state index in [0.29, 0.717) is 31.7 Å². The fourth-order valence-corrected chi connectivity index (χ4v) is 2.28. The molecule has 0 radical (unpaired) electrons. The summed E-state index contributed by atoms with van der Waals surface area (Å²) in [6, 6.07) is 7.32. The highest BCUT2D eigenvalue weighted by Gasteiger charge is 2.17. The molecule has 1 fully saturated rings. The van der Waals surface area contributed by atoms with Crippen LogP contribution < -0.4 is 10.6 Å². The highest BCUT2D eigenvalue weighted by Crippen LogP contribution is 2.17. The largest absolute Gasteiger partial charge is 0.481 e. The number of carboxylic acid groups (broad SMARTS) is 1. The predicted octanol–water partition coefficient (Wildman–Crippen LogP) is 1.02. The molecule has 1 aromatic carbocycles. The molecule has 1 saturated heterocycles. The van der Waals surface area contributed by atoms with Crippen LogP contribution in [0, 0.1) is 0 Å². The molecule has 6 heteroatoms. The Morgan fingerprint density at radius 1 is 1.38 bits per heavy atom. The van der Waals surface area contributed by atoms with E-state index in [9.17, 15) is 9.59 Å². The van der Waals surface area contributed by atoms with Gasteiger partial charge >= 0.3 is 5.97 Å². The van der Waals surface area contributed by atoms with Crippen molar-refractivity contribution in [3.05, 3.63) is 29.8 Å². The van der Waals surface area contributed by atoms with Gasteiger partial charge in [0.1, 0.15) is 0 Å². The number of rotatable bonds is 6. The van der Waals surface area contributed by atoms with Crippen LogP contribution in [-0.2, 0) is 20.7 Å². The van der Waals surface area contributed by atoms with E-state index >= 15 is 0 Å². The van der Waals surface area contributed by atoms with Crippen molar-refractivity contribution in [2.75, 3.05) is 25.1 Å². The van der Waals surface area contributed by atoms with Crippen molar-refractivity contribution < 1.29 is 19.4 Å². The summed E-state index contributed by atoms with van der Waals surface area (Å²) >= 11 is 0. The third-order valence-electron chi connectivity index (χ3n) is 3.33. The van der Waals surface area contributed by atoms with Crippen LogP contribution in [0.2, 0.25) is 0 Å². The lowest BCUT2D eigenvalue weighted by Crippen LogP contribution is -2.43. The normalized spacial score (nSPS) is 18.2. The molecule has 0 spiro atoms. The number of hydrogen-bond donors (Lipinski definition) is 3. The Kier molecular flexibility index (Phi) is 5.71. The van der Waals surface area contributed by atoms with Crippen molar-refractivity contribution in [1.29, 1.82) is 0 Å². The molecule has 1 unspecified atom stereocenters. The van der Waals surface area contributed by atoms with Gasteiger partial charge in [0.25, 0.3) is 0 Å². The number of amides is 1. The molecule has 0 aromatic heterocycles. The van der Waals surface area contributed by atoms with Gasteiger partial charge in [0.05, 0.1) is 13.2 Å². The maximum absolute atomic E-state index is 12.0. The zero-order chi connectivity index (χ0) is 15.1. The van der Waals surface area contributed by atoms with Gasteiger partial charge in [-0.25, -0.2) is 0 Å². The number of benzene rings is 1. The summed E-state index contributed by atoms with van der Waals surface area (Å²) in [4.78, 5) is 22.7. The van der Waals surface area contributed by atoms with E-state index in [-0.39, 0.29) is 18.4 Å². The number of carbonyl (C=O) groups is 2. The summed E-state index contributed by atoms with van der Waals surface area (Å²) in [5, 5.41) is 14.8. The van der Waals surface area contributed by atoms with Gasteiger partial charge in [-0.2, -0.15) is 0 Å². The summed E-state index contributed by atoms with van der Waals surface area (Å²) in [6.07, 6.45) is 0.786. The quantitative estimate of drug-likeness (QED) is 0.728. The maximum atomic E-state index is 12.0. The predicted molar refractivity (Wildman–Crippen MR) is 78.3 cm³/mol. The van der Waals surface area contributed by atoms with Gasteiger partial charge in [0.15, 0.2) is 0 Å². The molecule has 1 aromatic rings. The maximum Gasteiger partial charge on any atom is 0.303 e. The van der Waals surface area contributed by atoms with Crippen LogP contribution in [0.1, 0.15) is 18.4 Å². The molecule has 1 atom stereocenters. The molecule has 1 aliphatic heterocycles. The summed E-state index contributed by atoms with van der Waals surface area (Å²) in [5.74, 6) is -0.944. The van der Waals surface area contributed by atoms with Crippen molar-refractivity contribution >= 4 is 17.6 Å². The van der Waals surface area contributed by atoms with Crippen LogP contribution in [-0.4, -0.2) is 42.8 Å². The minimum absolute atomic E-state index is 0.0323. The number of morpholine rings is 1. The Labute approximate surface area is 123 Å². The van der Waals surface area contributed by atoms with Crippen molar-refractivity contribution in [3.63, 3.8) is 0 Å². The second-order valence-corrected chi connectivity index (χ2v) is 5.03. The van der Waals surface area contributed by atoms with E-state index in [0.717, 1.165) is 12.1 Å². The Morgan fingerprint density at radius 2 is 2.19 bits per heavy atom. The second kappa shape index (κ2) is 7.75. The van der Waals surface area contributed by atoms with Crippen LogP contribution in [0.5, 0.6) is 0 Å². The number of aryl methyl sites for hydroxylation is 1. The number of anilines is 1. The summed E-state index contributed by atoms with van der Waals surface area (Å²) in [6.45, 7) is 1.97. The summed E-state index contributed by atoms with van der Waals surface area (Å²) in [5.41, 5.74) is 1.52. The fraction of sp³-hybridized carbons (Fsp3) is 0.467. The van der Waals surface area contributed by atoms with Crippen molar-refractivity contribution in [2.24, 2.45) is 0 Å². The first-order valence-corrected chi connectivity index (χ1v) is 7.06. The smallest absolute Gasteiger partial charge is 0.303 e. The number of para-hydroxylation sites is 1. The van der Waals surface area contributed by atoms with Gasteiger partial charge < -0.3 is 20.5 Å². The molecule has 0 aliphatic carbocycles. The highest BCUT2D eigenvalue weighted by atomic mass is 16.5. The van der Waals surface area contributed by atoms with E-state index < -0.39 is 5.97 Å². The first-order chi connectivity index (χ1) is 10.1. The highest BCUT2D eigenvalue weighted by molar-refractivity contribution is 5.92. The lowest BCUT2D eigenvalue weighted by molar-refractivity contribution is -0.136. The van der Waals surface area contributed by atoms with E-state index in [2.05, 4.69) is 10.6 Å². The van der Waals surface area contributed by atoms with Crippen LogP contribution in [0.3, 0.4) is 0 Å². The van der Waals surface area contributed by atoms with Gasteiger partial charge in [-0.15, -0.1) is 0 Å². The molecule has 1 heterocycles. The standard InChI is InChI=1S/C15H20N2O4/c18-14(9-12-10-21-8-7-16-12)17-13-4-2-1-3-11(13)5-6-15(19)20/h1-4,12,16H,5-10H2,(H,17,18)(H,19,20). The zero-order valence-corrected chi connectivity index (χ0v) is 11.8. The minimum Gasteiger partial charge on any atom is -0.481 e. The Morgan fingerprint density at radius 3 is 2.90 bits per heavy atom. The van der Waals surface area contributed by atoms with Gasteiger partial charge in [-0.1, -0.05) is 18.2 Å². The monoisotopic (exact) mass is 292 g/mol. The number of nitrogens with one attached hydrogen (secondary N) is 2.